The zero-order chi connectivity index (χ0) is 19.3. The summed E-state index contributed by atoms with van der Waals surface area (Å²) in [6.45, 7) is 2.25. The van der Waals surface area contributed by atoms with E-state index in [1.54, 1.807) is 24.3 Å². The molecule has 1 unspecified atom stereocenters. The molecular weight excluding hydrogens is 380 g/mol. The highest BCUT2D eigenvalue weighted by atomic mass is 32.2. The van der Waals surface area contributed by atoms with Crippen LogP contribution in [0.2, 0.25) is 0 Å². The molecule has 0 radical (unpaired) electrons. The lowest BCUT2D eigenvalue weighted by molar-refractivity contribution is 0.100. The molecule has 0 amide bonds. The summed E-state index contributed by atoms with van der Waals surface area (Å²) in [7, 11) is -2.53. The maximum absolute atomic E-state index is 12.2. The maximum atomic E-state index is 12.2. The van der Waals surface area contributed by atoms with E-state index < -0.39 is 9.71 Å². The number of carbonyl (C=O) groups is 1. The number of hydrogen-bond donors (Lipinski definition) is 2. The summed E-state index contributed by atoms with van der Waals surface area (Å²) in [4.78, 5) is 13.3. The molecule has 5 nitrogen and oxygen atoms in total. The fourth-order valence-corrected chi connectivity index (χ4v) is 4.96. The lowest BCUT2D eigenvalue weighted by Gasteiger charge is -2.24. The average Bonchev–Trinajstić information content (AvgIpc) is 3.21. The van der Waals surface area contributed by atoms with Crippen LogP contribution in [0.1, 0.15) is 23.0 Å². The molecule has 2 aromatic heterocycles. The van der Waals surface area contributed by atoms with E-state index in [1.165, 1.54) is 6.26 Å². The third-order valence-electron chi connectivity index (χ3n) is 4.65. The molecule has 27 heavy (non-hydrogen) atoms. The Morgan fingerprint density at radius 1 is 1.33 bits per heavy atom. The van der Waals surface area contributed by atoms with Crippen LogP contribution in [0.15, 0.2) is 35.7 Å². The van der Waals surface area contributed by atoms with Gasteiger partial charge in [-0.25, -0.2) is 4.21 Å². The molecule has 4 rings (SSSR count). The number of Topliss-reactive ketones (excluding diaryl/α,β-unsaturated/α-hetero) is 1. The zero-order valence-electron chi connectivity index (χ0n) is 15.1. The Morgan fingerprint density at radius 3 is 2.74 bits per heavy atom. The van der Waals surface area contributed by atoms with Crippen LogP contribution in [-0.4, -0.2) is 31.8 Å². The second kappa shape index (κ2) is 6.28. The Morgan fingerprint density at radius 2 is 2.11 bits per heavy atom. The second-order valence-corrected chi connectivity index (χ2v) is 10.0. The number of phenolic OH excluding ortho intramolecular Hbond substituents is 1. The SMILES string of the molecule is C=S(C)(=O)Nc1cc2c(cc1O)CCn1c(C(C)=O)cc(-c3cccs3)c1-2. The monoisotopic (exact) mass is 400 g/mol. The van der Waals surface area contributed by atoms with Crippen LogP contribution in [0.3, 0.4) is 0 Å². The molecule has 0 saturated carbocycles. The van der Waals surface area contributed by atoms with Crippen molar-refractivity contribution in [3.8, 4) is 27.4 Å². The highest BCUT2D eigenvalue weighted by Crippen LogP contribution is 2.44. The van der Waals surface area contributed by atoms with Gasteiger partial charge in [-0.1, -0.05) is 6.07 Å². The van der Waals surface area contributed by atoms with Gasteiger partial charge in [0.15, 0.2) is 5.78 Å². The van der Waals surface area contributed by atoms with Gasteiger partial charge < -0.3 is 14.4 Å². The summed E-state index contributed by atoms with van der Waals surface area (Å²) >= 11 is 1.62. The van der Waals surface area contributed by atoms with Crippen LogP contribution in [0.4, 0.5) is 5.69 Å². The van der Waals surface area contributed by atoms with E-state index in [4.69, 9.17) is 0 Å². The van der Waals surface area contributed by atoms with E-state index >= 15 is 0 Å². The van der Waals surface area contributed by atoms with Gasteiger partial charge >= 0.3 is 0 Å². The van der Waals surface area contributed by atoms with Crippen molar-refractivity contribution in [3.63, 3.8) is 0 Å². The summed E-state index contributed by atoms with van der Waals surface area (Å²) in [6.07, 6.45) is 2.19. The number of ketones is 1. The van der Waals surface area contributed by atoms with Gasteiger partial charge in [0.1, 0.15) is 5.75 Å². The molecule has 2 N–H and O–H groups in total. The number of aromatic nitrogens is 1. The standard InChI is InChI=1S/C20H20N2O3S2/c1-12(23)17-11-15(19-5-4-8-26-19)20-14-10-16(21-27(2,3)25)18(24)9-13(14)6-7-22(17)20/h4-5,8-11,24H,2,6-7H2,1,3H3,(H,21,25). The summed E-state index contributed by atoms with van der Waals surface area (Å²) in [5, 5.41) is 12.4. The molecule has 0 fully saturated rings. The number of aromatic hydroxyl groups is 1. The molecule has 3 aromatic rings. The van der Waals surface area contributed by atoms with Gasteiger partial charge in [0.25, 0.3) is 0 Å². The predicted octanol–water partition coefficient (Wildman–Crippen LogP) is 4.02. The minimum atomic E-state index is -2.53. The van der Waals surface area contributed by atoms with Crippen molar-refractivity contribution in [1.29, 1.82) is 0 Å². The Balaban J connectivity index is 1.99. The average molecular weight is 401 g/mol. The van der Waals surface area contributed by atoms with Gasteiger partial charge in [0, 0.05) is 45.4 Å². The molecule has 0 spiro atoms. The Labute approximate surface area is 162 Å². The minimum Gasteiger partial charge on any atom is -0.506 e. The predicted molar refractivity (Wildman–Crippen MR) is 113 cm³/mol. The van der Waals surface area contributed by atoms with E-state index in [1.807, 2.05) is 34.2 Å². The van der Waals surface area contributed by atoms with Gasteiger partial charge in [-0.05, 0) is 47.5 Å². The van der Waals surface area contributed by atoms with Crippen molar-refractivity contribution in [1.82, 2.24) is 4.57 Å². The summed E-state index contributed by atoms with van der Waals surface area (Å²) in [5.41, 5.74) is 4.95. The number of anilines is 1. The molecule has 1 aliphatic heterocycles. The molecule has 0 bridgehead atoms. The van der Waals surface area contributed by atoms with Gasteiger partial charge in [-0.3, -0.25) is 4.79 Å². The summed E-state index contributed by atoms with van der Waals surface area (Å²) < 4.78 is 16.9. The van der Waals surface area contributed by atoms with Gasteiger partial charge in [0.05, 0.1) is 17.1 Å². The third kappa shape index (κ3) is 3.17. The number of hydrogen-bond acceptors (Lipinski definition) is 4. The van der Waals surface area contributed by atoms with Crippen molar-refractivity contribution in [2.24, 2.45) is 0 Å². The fraction of sp³-hybridized carbons (Fsp3) is 0.200. The normalized spacial score (nSPS) is 14.9. The topological polar surface area (TPSA) is 71.3 Å². The molecule has 1 aliphatic rings. The Bertz CT molecular complexity index is 1160. The number of thiophene rings is 1. The summed E-state index contributed by atoms with van der Waals surface area (Å²) in [5.74, 6) is 3.68. The van der Waals surface area contributed by atoms with Crippen molar-refractivity contribution in [2.45, 2.75) is 19.9 Å². The van der Waals surface area contributed by atoms with E-state index in [9.17, 15) is 14.1 Å². The first kappa shape index (κ1) is 17.9. The number of benzene rings is 1. The smallest absolute Gasteiger partial charge is 0.176 e. The van der Waals surface area contributed by atoms with Crippen LogP contribution in [-0.2, 0) is 22.7 Å². The molecule has 1 aromatic carbocycles. The molecule has 1 atom stereocenters. The Kier molecular flexibility index (Phi) is 4.16. The van der Waals surface area contributed by atoms with Gasteiger partial charge in [0.2, 0.25) is 0 Å². The largest absolute Gasteiger partial charge is 0.506 e. The first-order valence-electron chi connectivity index (χ1n) is 8.49. The molecular formula is C20H20N2O3S2. The lowest BCUT2D eigenvalue weighted by atomic mass is 9.95. The fourth-order valence-electron chi connectivity index (χ4n) is 3.59. The van der Waals surface area contributed by atoms with Crippen molar-refractivity contribution < 1.29 is 14.1 Å². The molecule has 0 aliphatic carbocycles. The number of aryl methyl sites for hydroxylation is 1. The van der Waals surface area contributed by atoms with Gasteiger partial charge in [-0.15, -0.1) is 11.3 Å². The molecule has 140 valence electrons. The first-order valence-corrected chi connectivity index (χ1v) is 11.5. The van der Waals surface area contributed by atoms with Crippen LogP contribution in [0.5, 0.6) is 5.75 Å². The third-order valence-corrected chi connectivity index (χ3v) is 6.21. The highest BCUT2D eigenvalue weighted by molar-refractivity contribution is 8.00. The number of nitrogens with one attached hydrogen (secondary N) is 1. The van der Waals surface area contributed by atoms with E-state index in [-0.39, 0.29) is 11.5 Å². The molecule has 0 saturated heterocycles. The highest BCUT2D eigenvalue weighted by Gasteiger charge is 2.27. The number of carbonyl (C=O) groups excluding carboxylic acids is 1. The number of nitrogens with zero attached hydrogens (tertiary/aromatic N) is 1. The number of fused-ring (bicyclic) bond motifs is 3. The molecule has 7 heteroatoms. The van der Waals surface area contributed by atoms with Crippen LogP contribution >= 0.6 is 11.3 Å². The second-order valence-electron chi connectivity index (χ2n) is 6.86. The Hall–Kier alpha value is -2.51. The van der Waals surface area contributed by atoms with Gasteiger partial charge in [-0.2, -0.15) is 0 Å². The quantitative estimate of drug-likeness (QED) is 0.395. The zero-order valence-corrected chi connectivity index (χ0v) is 16.7. The van der Waals surface area contributed by atoms with E-state index in [2.05, 4.69) is 10.6 Å². The maximum Gasteiger partial charge on any atom is 0.176 e. The van der Waals surface area contributed by atoms with E-state index in [0.717, 1.165) is 27.3 Å². The lowest BCUT2D eigenvalue weighted by Crippen LogP contribution is -2.16. The minimum absolute atomic E-state index is 0.0222. The van der Waals surface area contributed by atoms with Crippen molar-refractivity contribution >= 4 is 38.4 Å². The van der Waals surface area contributed by atoms with Crippen molar-refractivity contribution in [3.05, 3.63) is 47.0 Å². The van der Waals surface area contributed by atoms with E-state index in [0.29, 0.717) is 24.3 Å². The van der Waals surface area contributed by atoms with Crippen molar-refractivity contribution in [2.75, 3.05) is 11.0 Å². The van der Waals surface area contributed by atoms with Crippen LogP contribution in [0.25, 0.3) is 21.7 Å². The number of phenols is 1. The van der Waals surface area contributed by atoms with Crippen LogP contribution in [0, 0.1) is 0 Å². The summed E-state index contributed by atoms with van der Waals surface area (Å²) in [6, 6.07) is 9.49. The van der Waals surface area contributed by atoms with Crippen LogP contribution < -0.4 is 4.72 Å². The number of rotatable bonds is 4. The first-order chi connectivity index (χ1) is 12.7. The molecule has 3 heterocycles.